The number of fused-ring (bicyclic) bond motifs is 7. The van der Waals surface area contributed by atoms with Gasteiger partial charge in [-0.2, -0.15) is 0 Å². The van der Waals surface area contributed by atoms with Gasteiger partial charge < -0.3 is 23.7 Å². The summed E-state index contributed by atoms with van der Waals surface area (Å²) in [6.07, 6.45) is 0. The van der Waals surface area contributed by atoms with Gasteiger partial charge >= 0.3 is 0 Å². The summed E-state index contributed by atoms with van der Waals surface area (Å²) in [5.41, 5.74) is 17.3. The van der Waals surface area contributed by atoms with Gasteiger partial charge in [-0.3, -0.25) is 0 Å². The first-order valence-corrected chi connectivity index (χ1v) is 19.5. The Kier molecular flexibility index (Phi) is 7.51. The van der Waals surface area contributed by atoms with E-state index in [0.717, 1.165) is 67.7 Å². The van der Waals surface area contributed by atoms with Crippen LogP contribution in [0.1, 0.15) is 90.1 Å². The van der Waals surface area contributed by atoms with E-state index in [4.69, 9.17) is 13.9 Å². The van der Waals surface area contributed by atoms with Crippen molar-refractivity contribution in [3.05, 3.63) is 113 Å². The van der Waals surface area contributed by atoms with Crippen LogP contribution in [0.3, 0.4) is 0 Å². The zero-order chi connectivity index (χ0) is 38.1. The summed E-state index contributed by atoms with van der Waals surface area (Å²) in [6.45, 7) is 25.9. The van der Waals surface area contributed by atoms with E-state index in [1.807, 2.05) is 0 Å². The van der Waals surface area contributed by atoms with Crippen molar-refractivity contribution in [3.8, 4) is 11.5 Å². The normalized spacial score (nSPS) is 15.0. The van der Waals surface area contributed by atoms with Gasteiger partial charge in [0.15, 0.2) is 11.5 Å². The molecule has 3 aliphatic heterocycles. The zero-order valence-electron chi connectivity index (χ0n) is 33.7. The number of hydrogen-bond acceptors (Lipinski definition) is 5. The zero-order valence-corrected chi connectivity index (χ0v) is 33.7. The van der Waals surface area contributed by atoms with Crippen molar-refractivity contribution in [2.45, 2.75) is 92.4 Å². The molecule has 274 valence electrons. The fourth-order valence-corrected chi connectivity index (χ4v) is 8.82. The molecule has 0 N–H and O–H groups in total. The molecule has 54 heavy (non-hydrogen) atoms. The Hall–Kier alpha value is -5.10. The Morgan fingerprint density at radius 1 is 0.593 bits per heavy atom. The number of rotatable bonds is 2. The van der Waals surface area contributed by atoms with Gasteiger partial charge in [0.2, 0.25) is 0 Å². The summed E-state index contributed by atoms with van der Waals surface area (Å²) in [6, 6.07) is 32.0. The summed E-state index contributed by atoms with van der Waals surface area (Å²) in [5, 5.41) is 1.12. The number of anilines is 6. The topological polar surface area (TPSA) is 38.1 Å². The molecule has 5 aromatic carbocycles. The highest BCUT2D eigenvalue weighted by Gasteiger charge is 2.47. The highest BCUT2D eigenvalue weighted by atomic mass is 16.6. The van der Waals surface area contributed by atoms with Gasteiger partial charge in [-0.25, -0.2) is 0 Å². The van der Waals surface area contributed by atoms with Gasteiger partial charge in [0.05, 0.1) is 17.0 Å². The number of ether oxygens (including phenoxy) is 2. The fraction of sp³-hybridized carbons (Fsp3) is 0.333. The van der Waals surface area contributed by atoms with E-state index in [0.29, 0.717) is 13.2 Å². The molecule has 0 saturated heterocycles. The Morgan fingerprint density at radius 2 is 1.20 bits per heavy atom. The summed E-state index contributed by atoms with van der Waals surface area (Å²) >= 11 is 0. The summed E-state index contributed by atoms with van der Waals surface area (Å²) in [4.78, 5) is 4.95. The van der Waals surface area contributed by atoms with Crippen LogP contribution in [0.25, 0.3) is 11.0 Å². The third-order valence-electron chi connectivity index (χ3n) is 11.8. The minimum absolute atomic E-state index is 0.0339. The van der Waals surface area contributed by atoms with Crippen molar-refractivity contribution in [1.29, 1.82) is 0 Å². The molecule has 0 fully saturated rings. The Morgan fingerprint density at radius 3 is 1.89 bits per heavy atom. The van der Waals surface area contributed by atoms with Crippen LogP contribution in [0, 0.1) is 13.8 Å². The summed E-state index contributed by atoms with van der Waals surface area (Å²) < 4.78 is 19.7. The van der Waals surface area contributed by atoms with Crippen LogP contribution in [-0.4, -0.2) is 19.9 Å². The monoisotopic (exact) mass is 714 g/mol. The molecule has 6 aromatic rings. The molecule has 5 nitrogen and oxygen atoms in total. The molecule has 6 heteroatoms. The number of hydrogen-bond donors (Lipinski definition) is 0. The molecule has 9 rings (SSSR count). The lowest BCUT2D eigenvalue weighted by atomic mass is 9.35. The van der Waals surface area contributed by atoms with E-state index < -0.39 is 0 Å². The van der Waals surface area contributed by atoms with Crippen LogP contribution in [0.2, 0.25) is 0 Å². The Balaban J connectivity index is 1.39. The van der Waals surface area contributed by atoms with Crippen LogP contribution in [0.5, 0.6) is 11.5 Å². The van der Waals surface area contributed by atoms with E-state index in [1.54, 1.807) is 0 Å². The lowest BCUT2D eigenvalue weighted by molar-refractivity contribution is 0.170. The van der Waals surface area contributed by atoms with Crippen LogP contribution in [-0.2, 0) is 16.2 Å². The second-order valence-corrected chi connectivity index (χ2v) is 18.6. The largest absolute Gasteiger partial charge is 0.486 e. The highest BCUT2D eigenvalue weighted by Crippen LogP contribution is 2.51. The van der Waals surface area contributed by atoms with Gasteiger partial charge in [-0.1, -0.05) is 98.7 Å². The van der Waals surface area contributed by atoms with Gasteiger partial charge in [-0.05, 0) is 112 Å². The lowest BCUT2D eigenvalue weighted by Gasteiger charge is -2.43. The number of furan rings is 1. The van der Waals surface area contributed by atoms with E-state index in [1.165, 1.54) is 33.3 Å². The van der Waals surface area contributed by atoms with Crippen LogP contribution >= 0.6 is 0 Å². The van der Waals surface area contributed by atoms with Crippen molar-refractivity contribution < 1.29 is 13.9 Å². The molecule has 0 spiro atoms. The van der Waals surface area contributed by atoms with Gasteiger partial charge in [0.1, 0.15) is 18.8 Å². The SMILES string of the molecule is Cc1cc2c(c(C)c1N1c3cccc4c3B(c3cc(C(C)(C)C)ccc3N4c3ccc(C(C)(C)C)cc3)c3oc4ccc(C(C)(C)C)cc4c31)OCCO2. The highest BCUT2D eigenvalue weighted by molar-refractivity contribution is 7.00. The maximum absolute atomic E-state index is 7.21. The molecule has 0 radical (unpaired) electrons. The maximum Gasteiger partial charge on any atom is 0.297 e. The van der Waals surface area contributed by atoms with Crippen LogP contribution < -0.4 is 35.9 Å². The molecule has 0 unspecified atom stereocenters. The number of aryl methyl sites for hydroxylation is 1. The quantitative estimate of drug-likeness (QED) is 0.167. The van der Waals surface area contributed by atoms with E-state index in [2.05, 4.69) is 171 Å². The van der Waals surface area contributed by atoms with E-state index in [9.17, 15) is 0 Å². The smallest absolute Gasteiger partial charge is 0.297 e. The van der Waals surface area contributed by atoms with Gasteiger partial charge in [0.25, 0.3) is 6.71 Å². The first-order chi connectivity index (χ1) is 25.5. The van der Waals surface area contributed by atoms with Gasteiger partial charge in [-0.15, -0.1) is 0 Å². The Bertz CT molecular complexity index is 2490. The molecule has 0 bridgehead atoms. The maximum atomic E-state index is 7.21. The average Bonchev–Trinajstić information content (AvgIpc) is 3.50. The first kappa shape index (κ1) is 34.7. The van der Waals surface area contributed by atoms with Crippen molar-refractivity contribution in [1.82, 2.24) is 0 Å². The second kappa shape index (κ2) is 11.7. The molecular formula is C48H51BN2O3. The Labute approximate surface area is 321 Å². The molecule has 1 aromatic heterocycles. The van der Waals surface area contributed by atoms with E-state index >= 15 is 0 Å². The molecule has 0 saturated carbocycles. The first-order valence-electron chi connectivity index (χ1n) is 19.5. The van der Waals surface area contributed by atoms with Crippen molar-refractivity contribution in [2.24, 2.45) is 0 Å². The minimum atomic E-state index is -0.117. The fourth-order valence-electron chi connectivity index (χ4n) is 8.82. The second-order valence-electron chi connectivity index (χ2n) is 18.6. The van der Waals surface area contributed by atoms with Crippen molar-refractivity contribution in [3.63, 3.8) is 0 Å². The molecular weight excluding hydrogens is 663 g/mol. The summed E-state index contributed by atoms with van der Waals surface area (Å²) in [7, 11) is 0. The van der Waals surface area contributed by atoms with Crippen LogP contribution in [0.4, 0.5) is 34.1 Å². The molecule has 0 aliphatic carbocycles. The van der Waals surface area contributed by atoms with Gasteiger partial charge in [0, 0.05) is 33.7 Å². The van der Waals surface area contributed by atoms with Crippen molar-refractivity contribution in [2.75, 3.05) is 23.0 Å². The minimum Gasteiger partial charge on any atom is -0.486 e. The van der Waals surface area contributed by atoms with E-state index in [-0.39, 0.29) is 23.0 Å². The van der Waals surface area contributed by atoms with Crippen LogP contribution in [0.15, 0.2) is 89.3 Å². The predicted octanol–water partition coefficient (Wildman–Crippen LogP) is 10.8. The average molecular weight is 715 g/mol. The third-order valence-corrected chi connectivity index (χ3v) is 11.8. The number of benzene rings is 5. The molecule has 0 atom stereocenters. The number of nitrogens with zero attached hydrogens (tertiary/aromatic N) is 2. The van der Waals surface area contributed by atoms with Crippen molar-refractivity contribution >= 4 is 68.4 Å². The summed E-state index contributed by atoms with van der Waals surface area (Å²) in [5.74, 6) is 1.63. The molecule has 4 heterocycles. The standard InChI is InChI=1S/C48H51BN2O3/c1-28-25-40-44(53-24-23-52-40)29(2)42(28)51-38-14-12-13-37-41(38)49(45-43(51)34-26-31(47(6,7)8)18-22-39(34)54-45)35-27-32(48(9,10)11)17-21-36(35)50(37)33-19-15-30(16-20-33)46(3,4)5/h12-22,25-27H,23-24H2,1-11H3. The molecule has 0 amide bonds. The molecule has 3 aliphatic rings. The third kappa shape index (κ3) is 5.20. The predicted molar refractivity (Wildman–Crippen MR) is 227 cm³/mol. The lowest BCUT2D eigenvalue weighted by Crippen LogP contribution is -2.61.